The van der Waals surface area contributed by atoms with Crippen molar-refractivity contribution in [3.63, 3.8) is 0 Å². The molecule has 2 aromatic heterocycles. The number of pyridine rings is 2. The highest BCUT2D eigenvalue weighted by molar-refractivity contribution is 5.94. The molecule has 0 radical (unpaired) electrons. The van der Waals surface area contributed by atoms with Crippen molar-refractivity contribution in [3.05, 3.63) is 71.6 Å². The Hall–Kier alpha value is -3.01. The zero-order valence-corrected chi connectivity index (χ0v) is 16.0. The first kappa shape index (κ1) is 18.4. The smallest absolute Gasteiger partial charge is 0.155 e. The number of aryl methyl sites for hydroxylation is 2. The molecule has 1 aliphatic rings. The van der Waals surface area contributed by atoms with E-state index in [1.54, 1.807) is 6.08 Å². The first-order chi connectivity index (χ1) is 13.8. The molecule has 0 saturated carbocycles. The molecule has 3 heterocycles. The Balaban J connectivity index is 1.24. The fourth-order valence-corrected chi connectivity index (χ4v) is 3.57. The molecule has 1 N–H and O–H groups in total. The van der Waals surface area contributed by atoms with Crippen LogP contribution in [0.4, 0.5) is 5.82 Å². The maximum atomic E-state index is 12.2. The van der Waals surface area contributed by atoms with Crippen LogP contribution in [0.2, 0.25) is 0 Å². The molecule has 1 aromatic carbocycles. The molecule has 0 atom stereocenters. The Morgan fingerprint density at radius 1 is 1.14 bits per heavy atom. The number of benzene rings is 1. The van der Waals surface area contributed by atoms with Crippen LogP contribution in [-0.4, -0.2) is 22.3 Å². The number of nitrogens with one attached hydrogen (secondary N) is 1. The number of unbranched alkanes of at least 4 members (excludes halogenated alkanes) is 1. The number of hydrogen-bond donors (Lipinski definition) is 1. The third-order valence-corrected chi connectivity index (χ3v) is 5.13. The molecule has 0 bridgehead atoms. The molecule has 4 nitrogen and oxygen atoms in total. The van der Waals surface area contributed by atoms with Crippen LogP contribution in [0.5, 0.6) is 0 Å². The van der Waals surface area contributed by atoms with Gasteiger partial charge in [-0.3, -0.25) is 9.78 Å². The highest BCUT2D eigenvalue weighted by Gasteiger charge is 2.10. The Bertz CT molecular complexity index is 1010. The maximum absolute atomic E-state index is 12.2. The van der Waals surface area contributed by atoms with E-state index in [2.05, 4.69) is 28.5 Å². The average molecular weight is 371 g/mol. The summed E-state index contributed by atoms with van der Waals surface area (Å²) in [7, 11) is 0. The number of para-hydroxylation sites is 1. The van der Waals surface area contributed by atoms with Crippen molar-refractivity contribution in [1.29, 1.82) is 0 Å². The van der Waals surface area contributed by atoms with Gasteiger partial charge < -0.3 is 5.32 Å². The van der Waals surface area contributed by atoms with Crippen LogP contribution in [0.1, 0.15) is 42.5 Å². The molecule has 1 aliphatic heterocycles. The SMILES string of the molecule is O=C(/C=C/c1cnc2ccccc2c1)CCCCc1ccc2c(n1)NCCC2. The highest BCUT2D eigenvalue weighted by atomic mass is 16.1. The van der Waals surface area contributed by atoms with Gasteiger partial charge in [0.2, 0.25) is 0 Å². The van der Waals surface area contributed by atoms with Crippen LogP contribution >= 0.6 is 0 Å². The lowest BCUT2D eigenvalue weighted by molar-refractivity contribution is -0.114. The average Bonchev–Trinajstić information content (AvgIpc) is 2.75. The molecule has 4 heteroatoms. The van der Waals surface area contributed by atoms with Crippen molar-refractivity contribution in [3.8, 4) is 0 Å². The standard InChI is InChI=1S/C24H25N3O/c28-22(14-11-18-16-20-6-1-4-10-23(20)26-17-18)9-3-2-8-21-13-12-19-7-5-15-25-24(19)27-21/h1,4,6,10-14,16-17H,2-3,5,7-9,15H2,(H,25,27)/b14-11+. The van der Waals surface area contributed by atoms with Gasteiger partial charge in [0.05, 0.1) is 5.52 Å². The number of ketones is 1. The van der Waals surface area contributed by atoms with E-state index in [-0.39, 0.29) is 5.78 Å². The first-order valence-corrected chi connectivity index (χ1v) is 10.1. The summed E-state index contributed by atoms with van der Waals surface area (Å²) in [5.74, 6) is 1.21. The monoisotopic (exact) mass is 371 g/mol. The van der Waals surface area contributed by atoms with Crippen molar-refractivity contribution >= 4 is 28.6 Å². The molecule has 3 aromatic rings. The number of nitrogens with zero attached hydrogens (tertiary/aromatic N) is 2. The minimum absolute atomic E-state index is 0.160. The van der Waals surface area contributed by atoms with E-state index in [0.29, 0.717) is 6.42 Å². The summed E-state index contributed by atoms with van der Waals surface area (Å²) in [6, 6.07) is 14.4. The molecular weight excluding hydrogens is 346 g/mol. The molecule has 0 saturated heterocycles. The second-order valence-electron chi connectivity index (χ2n) is 7.31. The van der Waals surface area contributed by atoms with E-state index in [0.717, 1.165) is 60.2 Å². The number of fused-ring (bicyclic) bond motifs is 2. The van der Waals surface area contributed by atoms with Crippen molar-refractivity contribution in [1.82, 2.24) is 9.97 Å². The second-order valence-corrected chi connectivity index (χ2v) is 7.31. The topological polar surface area (TPSA) is 54.9 Å². The molecule has 0 unspecified atom stereocenters. The zero-order chi connectivity index (χ0) is 19.2. The number of rotatable bonds is 7. The fourth-order valence-electron chi connectivity index (χ4n) is 3.57. The van der Waals surface area contributed by atoms with Gasteiger partial charge in [-0.25, -0.2) is 4.98 Å². The van der Waals surface area contributed by atoms with Crippen LogP contribution < -0.4 is 5.32 Å². The summed E-state index contributed by atoms with van der Waals surface area (Å²) >= 11 is 0. The van der Waals surface area contributed by atoms with E-state index in [1.807, 2.05) is 36.5 Å². The van der Waals surface area contributed by atoms with Gasteiger partial charge in [0, 0.05) is 30.2 Å². The lowest BCUT2D eigenvalue weighted by Crippen LogP contribution is -2.14. The van der Waals surface area contributed by atoms with Crippen LogP contribution in [0.3, 0.4) is 0 Å². The molecule has 0 aliphatic carbocycles. The third kappa shape index (κ3) is 4.63. The van der Waals surface area contributed by atoms with Gasteiger partial charge in [-0.15, -0.1) is 0 Å². The van der Waals surface area contributed by atoms with Gasteiger partial charge in [-0.1, -0.05) is 24.3 Å². The predicted molar refractivity (Wildman–Crippen MR) is 114 cm³/mol. The third-order valence-electron chi connectivity index (χ3n) is 5.13. The van der Waals surface area contributed by atoms with Gasteiger partial charge in [-0.2, -0.15) is 0 Å². The van der Waals surface area contributed by atoms with Crippen molar-refractivity contribution in [2.24, 2.45) is 0 Å². The molecule has 142 valence electrons. The first-order valence-electron chi connectivity index (χ1n) is 10.1. The molecule has 0 fully saturated rings. The normalized spacial score (nSPS) is 13.4. The lowest BCUT2D eigenvalue weighted by Gasteiger charge is -2.17. The van der Waals surface area contributed by atoms with E-state index in [1.165, 1.54) is 12.0 Å². The van der Waals surface area contributed by atoms with Crippen LogP contribution in [0, 0.1) is 0 Å². The second kappa shape index (κ2) is 8.79. The Morgan fingerprint density at radius 3 is 3.04 bits per heavy atom. The van der Waals surface area contributed by atoms with Crippen LogP contribution in [0.15, 0.2) is 54.7 Å². The van der Waals surface area contributed by atoms with Crippen LogP contribution in [-0.2, 0) is 17.6 Å². The van der Waals surface area contributed by atoms with Gasteiger partial charge >= 0.3 is 0 Å². The highest BCUT2D eigenvalue weighted by Crippen LogP contribution is 2.20. The van der Waals surface area contributed by atoms with E-state index in [9.17, 15) is 4.79 Å². The van der Waals surface area contributed by atoms with Crippen LogP contribution in [0.25, 0.3) is 17.0 Å². The summed E-state index contributed by atoms with van der Waals surface area (Å²) in [6.45, 7) is 1.01. The number of hydrogen-bond acceptors (Lipinski definition) is 4. The summed E-state index contributed by atoms with van der Waals surface area (Å²) in [4.78, 5) is 21.3. The summed E-state index contributed by atoms with van der Waals surface area (Å²) in [6.07, 6.45) is 11.0. The van der Waals surface area contributed by atoms with E-state index < -0.39 is 0 Å². The summed E-state index contributed by atoms with van der Waals surface area (Å²) in [5, 5.41) is 4.46. The van der Waals surface area contributed by atoms with Gasteiger partial charge in [-0.05, 0) is 73.6 Å². The number of allylic oxidation sites excluding steroid dienone is 1. The molecule has 28 heavy (non-hydrogen) atoms. The molecule has 4 rings (SSSR count). The minimum Gasteiger partial charge on any atom is -0.370 e. The maximum Gasteiger partial charge on any atom is 0.155 e. The van der Waals surface area contributed by atoms with Crippen molar-refractivity contribution < 1.29 is 4.79 Å². The van der Waals surface area contributed by atoms with E-state index in [4.69, 9.17) is 4.98 Å². The molecule has 0 spiro atoms. The molecule has 0 amide bonds. The largest absolute Gasteiger partial charge is 0.370 e. The van der Waals surface area contributed by atoms with Gasteiger partial charge in [0.1, 0.15) is 5.82 Å². The Kier molecular flexibility index (Phi) is 5.76. The van der Waals surface area contributed by atoms with Gasteiger partial charge in [0.15, 0.2) is 5.78 Å². The summed E-state index contributed by atoms with van der Waals surface area (Å²) in [5.41, 5.74) is 4.35. The lowest BCUT2D eigenvalue weighted by atomic mass is 10.0. The zero-order valence-electron chi connectivity index (χ0n) is 16.0. The Morgan fingerprint density at radius 2 is 2.07 bits per heavy atom. The minimum atomic E-state index is 0.160. The fraction of sp³-hybridized carbons (Fsp3) is 0.292. The number of aromatic nitrogens is 2. The Labute approximate surface area is 165 Å². The number of carbonyl (C=O) groups excluding carboxylic acids is 1. The quantitative estimate of drug-likeness (QED) is 0.470. The van der Waals surface area contributed by atoms with E-state index >= 15 is 0 Å². The summed E-state index contributed by atoms with van der Waals surface area (Å²) < 4.78 is 0. The number of carbonyl (C=O) groups is 1. The number of anilines is 1. The van der Waals surface area contributed by atoms with Crippen molar-refractivity contribution in [2.45, 2.75) is 38.5 Å². The predicted octanol–water partition coefficient (Wildman–Crippen LogP) is 4.98. The molecular formula is C24H25N3O. The van der Waals surface area contributed by atoms with Gasteiger partial charge in [0.25, 0.3) is 0 Å². The van der Waals surface area contributed by atoms with Crippen molar-refractivity contribution in [2.75, 3.05) is 11.9 Å².